The number of carboxylic acids is 2. The van der Waals surface area contributed by atoms with Crippen molar-refractivity contribution in [3.63, 3.8) is 0 Å². The minimum absolute atomic E-state index is 0.0171. The van der Waals surface area contributed by atoms with E-state index < -0.39 is 11.9 Å². The Morgan fingerprint density at radius 1 is 0.966 bits per heavy atom. The second-order valence-corrected chi connectivity index (χ2v) is 7.09. The number of aliphatic hydroxyl groups excluding tert-OH is 1. The Kier molecular flexibility index (Phi) is 4.47. The molecular weight excluding hydrogens is 372 g/mol. The zero-order valence-electron chi connectivity index (χ0n) is 15.2. The molecule has 2 aromatic rings. The van der Waals surface area contributed by atoms with Gasteiger partial charge in [-0.15, -0.1) is 0 Å². The van der Waals surface area contributed by atoms with Crippen LogP contribution in [0.1, 0.15) is 15.9 Å². The number of hydrogen-bond donors (Lipinski definition) is 4. The summed E-state index contributed by atoms with van der Waals surface area (Å²) in [5.74, 6) is -3.75. The van der Waals surface area contributed by atoms with Crippen molar-refractivity contribution in [2.45, 2.75) is 6.42 Å². The van der Waals surface area contributed by atoms with Crippen molar-refractivity contribution in [2.24, 2.45) is 11.8 Å². The maximum atomic E-state index is 11.6. The minimum atomic E-state index is -1.26. The zero-order valence-corrected chi connectivity index (χ0v) is 15.2. The van der Waals surface area contributed by atoms with Crippen molar-refractivity contribution in [3.8, 4) is 5.75 Å². The van der Waals surface area contributed by atoms with E-state index in [-0.39, 0.29) is 40.9 Å². The number of fused-ring (bicyclic) bond motifs is 2. The van der Waals surface area contributed by atoms with E-state index in [9.17, 15) is 30.0 Å². The van der Waals surface area contributed by atoms with E-state index in [1.54, 1.807) is 24.3 Å². The molecule has 6 heteroatoms. The number of aliphatic carboxylic acids is 1. The molecule has 2 aromatic carbocycles. The molecule has 2 aliphatic carbocycles. The Morgan fingerprint density at radius 3 is 2.41 bits per heavy atom. The van der Waals surface area contributed by atoms with Gasteiger partial charge in [0.05, 0.1) is 5.57 Å². The normalized spacial score (nSPS) is 20.5. The highest BCUT2D eigenvalue weighted by Crippen LogP contribution is 2.41. The van der Waals surface area contributed by atoms with Gasteiger partial charge >= 0.3 is 11.9 Å². The average Bonchev–Trinajstić information content (AvgIpc) is 2.70. The molecule has 2 aliphatic rings. The van der Waals surface area contributed by atoms with E-state index in [1.807, 2.05) is 24.3 Å². The van der Waals surface area contributed by atoms with Crippen LogP contribution >= 0.6 is 0 Å². The van der Waals surface area contributed by atoms with Crippen molar-refractivity contribution in [3.05, 3.63) is 88.7 Å². The number of aromatic carboxylic acids is 1. The van der Waals surface area contributed by atoms with Gasteiger partial charge in [0.1, 0.15) is 17.1 Å². The van der Waals surface area contributed by atoms with Crippen LogP contribution in [0.5, 0.6) is 5.75 Å². The first-order valence-corrected chi connectivity index (χ1v) is 9.08. The highest BCUT2D eigenvalue weighted by atomic mass is 16.4. The number of allylic oxidation sites excluding steroid dienone is 6. The second kappa shape index (κ2) is 6.98. The summed E-state index contributed by atoms with van der Waals surface area (Å²) in [6.45, 7) is 0. The van der Waals surface area contributed by atoms with Gasteiger partial charge in [-0.3, -0.25) is 0 Å². The predicted molar refractivity (Wildman–Crippen MR) is 107 cm³/mol. The summed E-state index contributed by atoms with van der Waals surface area (Å²) >= 11 is 0. The largest absolute Gasteiger partial charge is 0.507 e. The highest BCUT2D eigenvalue weighted by Gasteiger charge is 2.33. The Hall–Kier alpha value is -3.80. The molecule has 0 fully saturated rings. The van der Waals surface area contributed by atoms with Crippen LogP contribution in [0.25, 0.3) is 10.8 Å². The SMILES string of the molecule is O=C(O)C1=CC2C=CC=CC2C(Cc2c(O)c(C(=O)O)cc3ccccc23)=C1O. The summed E-state index contributed by atoms with van der Waals surface area (Å²) in [5, 5.41) is 41.7. The first-order chi connectivity index (χ1) is 13.9. The van der Waals surface area contributed by atoms with Crippen LogP contribution in [0.2, 0.25) is 0 Å². The topological polar surface area (TPSA) is 115 Å². The first-order valence-electron chi connectivity index (χ1n) is 9.08. The lowest BCUT2D eigenvalue weighted by molar-refractivity contribution is -0.132. The van der Waals surface area contributed by atoms with Gasteiger partial charge < -0.3 is 20.4 Å². The minimum Gasteiger partial charge on any atom is -0.507 e. The van der Waals surface area contributed by atoms with Crippen molar-refractivity contribution < 1.29 is 30.0 Å². The number of carbonyl (C=O) groups is 2. The molecule has 4 rings (SSSR count). The lowest BCUT2D eigenvalue weighted by atomic mass is 9.74. The third-order valence-corrected chi connectivity index (χ3v) is 5.45. The molecule has 0 radical (unpaired) electrons. The van der Waals surface area contributed by atoms with Crippen LogP contribution in [0, 0.1) is 11.8 Å². The van der Waals surface area contributed by atoms with Crippen molar-refractivity contribution in [1.29, 1.82) is 0 Å². The van der Waals surface area contributed by atoms with E-state index in [0.29, 0.717) is 21.9 Å². The quantitative estimate of drug-likeness (QED) is 0.628. The molecule has 2 unspecified atom stereocenters. The Morgan fingerprint density at radius 2 is 1.69 bits per heavy atom. The Labute approximate surface area is 166 Å². The molecule has 2 atom stereocenters. The van der Waals surface area contributed by atoms with Gasteiger partial charge in [0, 0.05) is 23.8 Å². The maximum absolute atomic E-state index is 11.6. The van der Waals surface area contributed by atoms with Gasteiger partial charge in [0.2, 0.25) is 0 Å². The monoisotopic (exact) mass is 390 g/mol. The molecule has 0 saturated heterocycles. The molecule has 0 saturated carbocycles. The van der Waals surface area contributed by atoms with E-state index in [2.05, 4.69) is 0 Å². The van der Waals surface area contributed by atoms with Gasteiger partial charge in [-0.05, 0) is 22.4 Å². The molecule has 29 heavy (non-hydrogen) atoms. The van der Waals surface area contributed by atoms with Gasteiger partial charge in [-0.25, -0.2) is 9.59 Å². The number of aromatic hydroxyl groups is 1. The zero-order chi connectivity index (χ0) is 20.7. The van der Waals surface area contributed by atoms with Gasteiger partial charge in [0.25, 0.3) is 0 Å². The summed E-state index contributed by atoms with van der Waals surface area (Å²) in [7, 11) is 0. The first kappa shape index (κ1) is 18.6. The summed E-state index contributed by atoms with van der Waals surface area (Å²) in [5.41, 5.74) is 0.340. The molecule has 0 heterocycles. The molecule has 0 bridgehead atoms. The number of carboxylic acid groups (broad SMARTS) is 2. The van der Waals surface area contributed by atoms with Gasteiger partial charge in [-0.1, -0.05) is 54.6 Å². The molecule has 146 valence electrons. The van der Waals surface area contributed by atoms with Crippen LogP contribution in [0.15, 0.2) is 77.6 Å². The molecule has 0 amide bonds. The number of benzene rings is 2. The maximum Gasteiger partial charge on any atom is 0.339 e. The summed E-state index contributed by atoms with van der Waals surface area (Å²) in [6, 6.07) is 8.45. The summed E-state index contributed by atoms with van der Waals surface area (Å²) in [6.07, 6.45) is 8.88. The lowest BCUT2D eigenvalue weighted by Gasteiger charge is -2.30. The van der Waals surface area contributed by atoms with Crippen LogP contribution in [-0.2, 0) is 11.2 Å². The van der Waals surface area contributed by atoms with E-state index in [0.717, 1.165) is 0 Å². The molecule has 0 aromatic heterocycles. The lowest BCUT2D eigenvalue weighted by Crippen LogP contribution is -2.24. The van der Waals surface area contributed by atoms with Crippen LogP contribution < -0.4 is 0 Å². The molecule has 0 aliphatic heterocycles. The molecule has 4 N–H and O–H groups in total. The fourth-order valence-electron chi connectivity index (χ4n) is 4.05. The Bertz CT molecular complexity index is 1170. The fraction of sp³-hybridized carbons (Fsp3) is 0.130. The summed E-state index contributed by atoms with van der Waals surface area (Å²) in [4.78, 5) is 23.2. The van der Waals surface area contributed by atoms with Crippen LogP contribution in [-0.4, -0.2) is 32.4 Å². The smallest absolute Gasteiger partial charge is 0.339 e. The number of phenols is 1. The average molecular weight is 390 g/mol. The van der Waals surface area contributed by atoms with Gasteiger partial charge in [-0.2, -0.15) is 0 Å². The third-order valence-electron chi connectivity index (χ3n) is 5.45. The number of rotatable bonds is 4. The Balaban J connectivity index is 1.92. The number of hydrogen-bond acceptors (Lipinski definition) is 4. The standard InChI is InChI=1S/C23H18O6/c24-20-16(14-7-3-1-5-12(14)9-18(20)22(26)27)11-17-15-8-4-2-6-13(15)10-19(21(17)25)23(28)29/h1-10,12,14,24-25H,11H2,(H,26,27)(H,28,29). The van der Waals surface area contributed by atoms with Crippen LogP contribution in [0.4, 0.5) is 0 Å². The van der Waals surface area contributed by atoms with Crippen LogP contribution in [0.3, 0.4) is 0 Å². The van der Waals surface area contributed by atoms with Gasteiger partial charge in [0.15, 0.2) is 0 Å². The van der Waals surface area contributed by atoms with Crippen molar-refractivity contribution in [2.75, 3.05) is 0 Å². The predicted octanol–water partition coefficient (Wildman–Crippen LogP) is 3.98. The number of aliphatic hydroxyl groups is 1. The fourth-order valence-corrected chi connectivity index (χ4v) is 4.05. The van der Waals surface area contributed by atoms with E-state index in [1.165, 1.54) is 12.1 Å². The van der Waals surface area contributed by atoms with E-state index in [4.69, 9.17) is 0 Å². The van der Waals surface area contributed by atoms with Crippen molar-refractivity contribution in [1.82, 2.24) is 0 Å². The summed E-state index contributed by atoms with van der Waals surface area (Å²) < 4.78 is 0. The molecular formula is C23H18O6. The molecule has 0 spiro atoms. The highest BCUT2D eigenvalue weighted by molar-refractivity contribution is 6.00. The van der Waals surface area contributed by atoms with Crippen molar-refractivity contribution >= 4 is 22.7 Å². The van der Waals surface area contributed by atoms with E-state index >= 15 is 0 Å². The second-order valence-electron chi connectivity index (χ2n) is 7.09. The molecule has 6 nitrogen and oxygen atoms in total. The third kappa shape index (κ3) is 3.08.